The van der Waals surface area contributed by atoms with E-state index in [0.29, 0.717) is 72.1 Å². The molecular weight excluding hydrogens is 1440 g/mol. The van der Waals surface area contributed by atoms with E-state index in [1.807, 2.05) is 90.0 Å². The van der Waals surface area contributed by atoms with Gasteiger partial charge in [0.05, 0.1) is 63.0 Å². The quantitative estimate of drug-likeness (QED) is 0.0357. The van der Waals surface area contributed by atoms with Gasteiger partial charge in [-0.05, 0) is 190 Å². The van der Waals surface area contributed by atoms with E-state index in [2.05, 4.69) is 180 Å². The Morgan fingerprint density at radius 2 is 0.702 bits per heavy atom. The molecule has 0 heterocycles. The number of hydrogen-bond acceptors (Lipinski definition) is 18. The van der Waals surface area contributed by atoms with Crippen molar-refractivity contribution in [3.8, 4) is 0 Å². The fourth-order valence-corrected chi connectivity index (χ4v) is 10.4. The summed E-state index contributed by atoms with van der Waals surface area (Å²) in [5, 5.41) is 0. The highest BCUT2D eigenvalue weighted by atomic mass is 16.6. The highest BCUT2D eigenvalue weighted by Gasteiger charge is 2.31. The number of esters is 7. The molecular formula is C96H195N3O15. The van der Waals surface area contributed by atoms with E-state index in [1.54, 1.807) is 13.8 Å². The van der Waals surface area contributed by atoms with Crippen LogP contribution >= 0.6 is 0 Å². The Balaban J connectivity index is -0.000000228. The van der Waals surface area contributed by atoms with Crippen LogP contribution in [0.15, 0.2) is 0 Å². The van der Waals surface area contributed by atoms with Gasteiger partial charge in [0.1, 0.15) is 24.2 Å². The first kappa shape index (κ1) is 123. The smallest absolute Gasteiger partial charge is 0.332 e. The summed E-state index contributed by atoms with van der Waals surface area (Å²) in [6.07, 6.45) is 23.6. The zero-order valence-corrected chi connectivity index (χ0v) is 83.0. The van der Waals surface area contributed by atoms with E-state index in [0.717, 1.165) is 96.3 Å². The van der Waals surface area contributed by atoms with E-state index >= 15 is 0 Å². The standard InChI is InChI=1S/C13H27NO2.2C13H24O2.C12H25NO2.C11H23NO2.C11H22O2.C10H20O3.C7H16.C6H14/c1-12(2,3)8-7-9-16-11(15)10(14)13(4,5)6;1-10(9-13(2,3)4)15-12(14)11-7-5-6-8-11;1-13(2,3)9-6-10-15-12(14)11-7-4-5-8-11;1-9(2)10(13)11(14)15-8-6-7-12(3,4)5;1-10(2,3)7-6-8-14-9(13)11(4,5)12;1-8(2)10(12)13-9(3)7-11(4,5)6;1-5-6-12-7-9(11)13-8-10(2,3)4;1-5-6-7(2,3)4;1-5-6(2,3)4/h10H,7-9,14H2,1-6H3;10-11H,5-9H2,1-4H3;11H,4-10H2,1-3H3;9-10H,6-8,13H2,1-5H3;6-8,12H2,1-5H3;8-9H,7H2,1-6H3;5-8H2,1-4H3;5-6H2,1-4H3;5H2,1-4H3. The largest absolute Gasteiger partial charge is 0.465 e. The molecule has 2 fully saturated rings. The lowest BCUT2D eigenvalue weighted by Gasteiger charge is -2.25. The zero-order chi connectivity index (χ0) is 91.3. The third-order valence-corrected chi connectivity index (χ3v) is 17.5. The molecule has 0 amide bonds. The van der Waals surface area contributed by atoms with Crippen LogP contribution in [-0.2, 0) is 71.5 Å². The molecule has 2 aliphatic carbocycles. The van der Waals surface area contributed by atoms with Crippen molar-refractivity contribution >= 4 is 41.8 Å². The molecule has 6 N–H and O–H groups in total. The van der Waals surface area contributed by atoms with Crippen LogP contribution in [0.5, 0.6) is 0 Å². The molecule has 4 unspecified atom stereocenters. The van der Waals surface area contributed by atoms with Gasteiger partial charge < -0.3 is 55.1 Å². The van der Waals surface area contributed by atoms with Crippen LogP contribution in [0.25, 0.3) is 0 Å². The maximum absolute atomic E-state index is 11.7. The maximum Gasteiger partial charge on any atom is 0.332 e. The molecule has 0 aliphatic heterocycles. The van der Waals surface area contributed by atoms with Gasteiger partial charge >= 0.3 is 41.8 Å². The minimum absolute atomic E-state index is 0.0231. The minimum Gasteiger partial charge on any atom is -0.465 e. The second-order valence-corrected chi connectivity index (χ2v) is 45.3. The molecule has 18 heteroatoms. The predicted molar refractivity (Wildman–Crippen MR) is 481 cm³/mol. The Morgan fingerprint density at radius 1 is 0.368 bits per heavy atom. The molecule has 2 aliphatic rings. The maximum atomic E-state index is 11.7. The lowest BCUT2D eigenvalue weighted by atomic mass is 9.87. The van der Waals surface area contributed by atoms with Crippen molar-refractivity contribution in [1.29, 1.82) is 0 Å². The van der Waals surface area contributed by atoms with Gasteiger partial charge in [0.25, 0.3) is 0 Å². The number of rotatable bonds is 29. The SMILES string of the molecule is CC(C)(C)CCCOC(=O)C(C)(C)N.CC(C)(C)CCCOC(=O)C(N)C(C)(C)C.CC(C)(C)CCCOC(=O)C1CCCC1.CC(C)C(N)C(=O)OCCCC(C)(C)C.CC(CC(C)(C)C)OC(=O)C(C)C.CC(CC(C)(C)C)OC(=O)C1CCCC1.CCC(C)(C)C.CCCC(C)(C)C.CCCOCC(=O)OCC(C)(C)C. The molecule has 0 radical (unpaired) electrons. The number of ether oxygens (including phenoxy) is 8. The van der Waals surface area contributed by atoms with Crippen LogP contribution in [0.2, 0.25) is 0 Å². The third-order valence-electron chi connectivity index (χ3n) is 17.5. The Morgan fingerprint density at radius 3 is 0.982 bits per heavy atom. The zero-order valence-electron chi connectivity index (χ0n) is 83.0. The van der Waals surface area contributed by atoms with Crippen LogP contribution < -0.4 is 17.2 Å². The topological polar surface area (TPSA) is 271 Å². The first-order valence-corrected chi connectivity index (χ1v) is 44.2. The Labute approximate surface area is 706 Å². The van der Waals surface area contributed by atoms with Crippen molar-refractivity contribution in [2.75, 3.05) is 46.2 Å². The minimum atomic E-state index is -0.873. The molecule has 0 aromatic carbocycles. The van der Waals surface area contributed by atoms with Crippen molar-refractivity contribution in [1.82, 2.24) is 0 Å². The van der Waals surface area contributed by atoms with E-state index in [1.165, 1.54) is 44.9 Å². The third kappa shape index (κ3) is 95.3. The number of carbonyl (C=O) groups is 7. The Hall–Kier alpha value is -3.87. The highest BCUT2D eigenvalue weighted by Crippen LogP contribution is 2.31. The number of nitrogens with two attached hydrogens (primary N) is 3. The van der Waals surface area contributed by atoms with Gasteiger partial charge in [-0.15, -0.1) is 0 Å². The summed E-state index contributed by atoms with van der Waals surface area (Å²) in [5.74, 6) is -0.688. The monoisotopic (exact) mass is 1630 g/mol. The molecule has 2 rings (SSSR count). The van der Waals surface area contributed by atoms with Crippen LogP contribution in [0.3, 0.4) is 0 Å². The summed E-state index contributed by atoms with van der Waals surface area (Å²) >= 11 is 0. The summed E-state index contributed by atoms with van der Waals surface area (Å²) in [4.78, 5) is 79.7. The van der Waals surface area contributed by atoms with Gasteiger partial charge in [0.15, 0.2) is 0 Å². The highest BCUT2D eigenvalue weighted by molar-refractivity contribution is 5.79. The van der Waals surface area contributed by atoms with Crippen LogP contribution in [0.1, 0.15) is 425 Å². The summed E-state index contributed by atoms with van der Waals surface area (Å²) < 4.78 is 41.3. The molecule has 684 valence electrons. The summed E-state index contributed by atoms with van der Waals surface area (Å²) in [5.41, 5.74) is 18.7. The summed E-state index contributed by atoms with van der Waals surface area (Å²) in [6.45, 7) is 89.0. The second kappa shape index (κ2) is 61.4. The van der Waals surface area contributed by atoms with E-state index < -0.39 is 17.6 Å². The number of hydrogen-bond donors (Lipinski definition) is 3. The van der Waals surface area contributed by atoms with Crippen molar-refractivity contribution in [3.63, 3.8) is 0 Å². The number of carbonyl (C=O) groups excluding carboxylic acids is 7. The average Bonchev–Trinajstić information content (AvgIpc) is 1.01. The Bertz CT molecular complexity index is 2400. The van der Waals surface area contributed by atoms with Crippen molar-refractivity contribution in [2.45, 2.75) is 455 Å². The molecule has 0 aromatic heterocycles. The fourth-order valence-electron chi connectivity index (χ4n) is 10.4. The van der Waals surface area contributed by atoms with Crippen molar-refractivity contribution in [3.05, 3.63) is 0 Å². The molecule has 0 aromatic rings. The fraction of sp³-hybridized carbons (Fsp3) is 0.927. The van der Waals surface area contributed by atoms with Crippen molar-refractivity contribution < 1.29 is 71.5 Å². The van der Waals surface area contributed by atoms with Crippen LogP contribution in [-0.4, -0.2) is 118 Å². The molecule has 4 atom stereocenters. The van der Waals surface area contributed by atoms with Gasteiger partial charge in [0, 0.05) is 6.61 Å². The van der Waals surface area contributed by atoms with Gasteiger partial charge in [-0.25, -0.2) is 4.79 Å². The molecule has 18 nitrogen and oxygen atoms in total. The van der Waals surface area contributed by atoms with Gasteiger partial charge in [-0.2, -0.15) is 0 Å². The van der Waals surface area contributed by atoms with Crippen molar-refractivity contribution in [2.24, 2.45) is 95.0 Å². The molecule has 114 heavy (non-hydrogen) atoms. The van der Waals surface area contributed by atoms with E-state index in [-0.39, 0.29) is 106 Å². The second-order valence-electron chi connectivity index (χ2n) is 45.3. The molecule has 0 bridgehead atoms. The lowest BCUT2D eigenvalue weighted by Crippen LogP contribution is -2.43. The summed E-state index contributed by atoms with van der Waals surface area (Å²) in [7, 11) is 0. The average molecular weight is 1630 g/mol. The van der Waals surface area contributed by atoms with Gasteiger partial charge in [-0.1, -0.05) is 295 Å². The van der Waals surface area contributed by atoms with Gasteiger partial charge in [-0.3, -0.25) is 28.8 Å². The summed E-state index contributed by atoms with van der Waals surface area (Å²) in [6, 6.07) is -1.03. The molecule has 0 saturated heterocycles. The predicted octanol–water partition coefficient (Wildman–Crippen LogP) is 24.5. The first-order valence-electron chi connectivity index (χ1n) is 44.2. The first-order chi connectivity index (χ1) is 51.1. The van der Waals surface area contributed by atoms with Gasteiger partial charge in [0.2, 0.25) is 0 Å². The Kier molecular flexibility index (Phi) is 66.4. The van der Waals surface area contributed by atoms with E-state index in [4.69, 9.17) is 55.1 Å². The lowest BCUT2D eigenvalue weighted by molar-refractivity contribution is -0.154. The molecule has 2 saturated carbocycles. The molecule has 0 spiro atoms. The van der Waals surface area contributed by atoms with Crippen LogP contribution in [0.4, 0.5) is 0 Å². The van der Waals surface area contributed by atoms with Crippen LogP contribution in [0, 0.1) is 77.8 Å². The van der Waals surface area contributed by atoms with E-state index in [9.17, 15) is 33.6 Å². The normalized spacial score (nSPS) is 14.8.